The van der Waals surface area contributed by atoms with Crippen LogP contribution in [0.25, 0.3) is 0 Å². The molecule has 0 spiro atoms. The molecule has 1 rings (SSSR count). The number of nitriles is 1. The van der Waals surface area contributed by atoms with Crippen molar-refractivity contribution in [3.05, 3.63) is 0 Å². The zero-order valence-electron chi connectivity index (χ0n) is 11.1. The fourth-order valence-electron chi connectivity index (χ4n) is 2.33. The summed E-state index contributed by atoms with van der Waals surface area (Å²) in [5, 5.41) is 12.3. The molecule has 0 aliphatic carbocycles. The predicted molar refractivity (Wildman–Crippen MR) is 68.7 cm³/mol. The van der Waals surface area contributed by atoms with Crippen LogP contribution in [0.5, 0.6) is 0 Å². The molecule has 0 bridgehead atoms. The highest BCUT2D eigenvalue weighted by Crippen LogP contribution is 2.16. The Morgan fingerprint density at radius 3 is 3.06 bits per heavy atom. The average molecular weight is 239 g/mol. The van der Waals surface area contributed by atoms with Gasteiger partial charge in [-0.1, -0.05) is 6.92 Å². The van der Waals surface area contributed by atoms with Gasteiger partial charge in [-0.15, -0.1) is 0 Å². The Morgan fingerprint density at radius 1 is 1.59 bits per heavy atom. The van der Waals surface area contributed by atoms with Crippen molar-refractivity contribution in [3.8, 4) is 6.07 Å². The van der Waals surface area contributed by atoms with Gasteiger partial charge in [0, 0.05) is 20.2 Å². The molecule has 0 radical (unpaired) electrons. The third-order valence-electron chi connectivity index (χ3n) is 3.30. The minimum atomic E-state index is 0.0106. The van der Waals surface area contributed by atoms with Gasteiger partial charge in [0.2, 0.25) is 0 Å². The van der Waals surface area contributed by atoms with Gasteiger partial charge in [-0.2, -0.15) is 5.26 Å². The minimum Gasteiger partial charge on any atom is -0.384 e. The standard InChI is InChI=1S/C13H25N3O/c1-3-6-15-13(9-14)5-8-16-7-4-12(10-16)11-17-2/h12-13,15H,3-8,10-11H2,1-2H3. The molecule has 0 saturated carbocycles. The van der Waals surface area contributed by atoms with E-state index in [0.717, 1.165) is 45.6 Å². The maximum Gasteiger partial charge on any atom is 0.0965 e. The molecule has 1 heterocycles. The SMILES string of the molecule is CCCNC(C#N)CCN1CCC(COC)C1. The minimum absolute atomic E-state index is 0.0106. The number of likely N-dealkylation sites (tertiary alicyclic amines) is 1. The van der Waals surface area contributed by atoms with Crippen LogP contribution in [-0.2, 0) is 4.74 Å². The third-order valence-corrected chi connectivity index (χ3v) is 3.30. The van der Waals surface area contributed by atoms with Crippen molar-refractivity contribution in [2.45, 2.75) is 32.2 Å². The smallest absolute Gasteiger partial charge is 0.0965 e. The van der Waals surface area contributed by atoms with E-state index >= 15 is 0 Å². The summed E-state index contributed by atoms with van der Waals surface area (Å²) in [5.74, 6) is 0.684. The Balaban J connectivity index is 2.15. The molecule has 1 fully saturated rings. The van der Waals surface area contributed by atoms with Crippen molar-refractivity contribution in [3.63, 3.8) is 0 Å². The summed E-state index contributed by atoms with van der Waals surface area (Å²) in [6.07, 6.45) is 3.24. The van der Waals surface area contributed by atoms with Gasteiger partial charge in [0.25, 0.3) is 0 Å². The first-order valence-corrected chi connectivity index (χ1v) is 6.64. The second-order valence-corrected chi connectivity index (χ2v) is 4.84. The summed E-state index contributed by atoms with van der Waals surface area (Å²) in [4.78, 5) is 2.45. The molecular formula is C13H25N3O. The first-order valence-electron chi connectivity index (χ1n) is 6.64. The fourth-order valence-corrected chi connectivity index (χ4v) is 2.33. The Kier molecular flexibility index (Phi) is 7.18. The third kappa shape index (κ3) is 5.49. The molecule has 4 heteroatoms. The average Bonchev–Trinajstić information content (AvgIpc) is 2.78. The van der Waals surface area contributed by atoms with E-state index < -0.39 is 0 Å². The molecule has 0 aromatic carbocycles. The number of methoxy groups -OCH3 is 1. The number of nitrogens with zero attached hydrogens (tertiary/aromatic N) is 2. The van der Waals surface area contributed by atoms with Crippen LogP contribution >= 0.6 is 0 Å². The van der Waals surface area contributed by atoms with Crippen molar-refractivity contribution in [2.24, 2.45) is 5.92 Å². The van der Waals surface area contributed by atoms with Gasteiger partial charge in [0.1, 0.15) is 0 Å². The van der Waals surface area contributed by atoms with Crippen LogP contribution in [0.4, 0.5) is 0 Å². The van der Waals surface area contributed by atoms with Gasteiger partial charge in [-0.25, -0.2) is 0 Å². The summed E-state index contributed by atoms with van der Waals surface area (Å²) < 4.78 is 5.18. The van der Waals surface area contributed by atoms with E-state index in [0.29, 0.717) is 5.92 Å². The summed E-state index contributed by atoms with van der Waals surface area (Å²) >= 11 is 0. The van der Waals surface area contributed by atoms with E-state index in [9.17, 15) is 0 Å². The number of rotatable bonds is 8. The van der Waals surface area contributed by atoms with Crippen molar-refractivity contribution in [1.29, 1.82) is 5.26 Å². The van der Waals surface area contributed by atoms with Crippen LogP contribution in [0.2, 0.25) is 0 Å². The van der Waals surface area contributed by atoms with Crippen molar-refractivity contribution < 1.29 is 4.74 Å². The molecule has 4 nitrogen and oxygen atoms in total. The van der Waals surface area contributed by atoms with Crippen LogP contribution in [0.15, 0.2) is 0 Å². The largest absolute Gasteiger partial charge is 0.384 e. The van der Waals surface area contributed by atoms with Gasteiger partial charge in [0.05, 0.1) is 18.7 Å². The highest BCUT2D eigenvalue weighted by atomic mass is 16.5. The summed E-state index contributed by atoms with van der Waals surface area (Å²) in [6, 6.07) is 2.35. The van der Waals surface area contributed by atoms with Gasteiger partial charge in [0.15, 0.2) is 0 Å². The Bertz CT molecular complexity index is 239. The number of ether oxygens (including phenoxy) is 1. The lowest BCUT2D eigenvalue weighted by Gasteiger charge is -2.18. The lowest BCUT2D eigenvalue weighted by atomic mass is 10.1. The molecule has 98 valence electrons. The maximum absolute atomic E-state index is 9.01. The van der Waals surface area contributed by atoms with E-state index in [1.807, 2.05) is 0 Å². The van der Waals surface area contributed by atoms with Crippen molar-refractivity contribution in [2.75, 3.05) is 39.9 Å². The fraction of sp³-hybridized carbons (Fsp3) is 0.923. The van der Waals surface area contributed by atoms with Gasteiger partial charge >= 0.3 is 0 Å². The van der Waals surface area contributed by atoms with Crippen molar-refractivity contribution >= 4 is 0 Å². The molecular weight excluding hydrogens is 214 g/mol. The van der Waals surface area contributed by atoms with E-state index in [4.69, 9.17) is 10.00 Å². The molecule has 0 amide bonds. The summed E-state index contributed by atoms with van der Waals surface area (Å²) in [5.41, 5.74) is 0. The van der Waals surface area contributed by atoms with Crippen LogP contribution in [0, 0.1) is 17.2 Å². The number of hydrogen-bond donors (Lipinski definition) is 1. The van der Waals surface area contributed by atoms with Crippen molar-refractivity contribution in [1.82, 2.24) is 10.2 Å². The quantitative estimate of drug-likeness (QED) is 0.692. The maximum atomic E-state index is 9.01. The first-order chi connectivity index (χ1) is 8.30. The van der Waals surface area contributed by atoms with E-state index in [2.05, 4.69) is 23.2 Å². The van der Waals surface area contributed by atoms with Crippen LogP contribution in [-0.4, -0.2) is 50.8 Å². The molecule has 17 heavy (non-hydrogen) atoms. The highest BCUT2D eigenvalue weighted by molar-refractivity contribution is 4.90. The molecule has 1 N–H and O–H groups in total. The number of nitrogens with one attached hydrogen (secondary N) is 1. The molecule has 2 unspecified atom stereocenters. The van der Waals surface area contributed by atoms with E-state index in [1.54, 1.807) is 7.11 Å². The zero-order valence-corrected chi connectivity index (χ0v) is 11.1. The zero-order chi connectivity index (χ0) is 12.5. The number of hydrogen-bond acceptors (Lipinski definition) is 4. The monoisotopic (exact) mass is 239 g/mol. The molecule has 1 aliphatic heterocycles. The summed E-state index contributed by atoms with van der Waals surface area (Å²) in [6.45, 7) is 7.23. The van der Waals surface area contributed by atoms with Gasteiger partial charge < -0.3 is 15.0 Å². The predicted octanol–water partition coefficient (Wildman–Crippen LogP) is 1.24. The molecule has 2 atom stereocenters. The second-order valence-electron chi connectivity index (χ2n) is 4.84. The molecule has 0 aromatic heterocycles. The molecule has 1 aliphatic rings. The van der Waals surface area contributed by atoms with E-state index in [1.165, 1.54) is 6.42 Å². The van der Waals surface area contributed by atoms with Crippen LogP contribution in [0.3, 0.4) is 0 Å². The van der Waals surface area contributed by atoms with Gasteiger partial charge in [-0.05, 0) is 38.3 Å². The second kappa shape index (κ2) is 8.46. The lowest BCUT2D eigenvalue weighted by Crippen LogP contribution is -2.33. The van der Waals surface area contributed by atoms with Crippen LogP contribution < -0.4 is 5.32 Å². The Hall–Kier alpha value is -0.630. The Labute approximate surface area is 105 Å². The Morgan fingerprint density at radius 2 is 2.41 bits per heavy atom. The van der Waals surface area contributed by atoms with Crippen LogP contribution in [0.1, 0.15) is 26.2 Å². The van der Waals surface area contributed by atoms with E-state index in [-0.39, 0.29) is 6.04 Å². The molecule has 0 aromatic rings. The molecule has 1 saturated heterocycles. The topological polar surface area (TPSA) is 48.3 Å². The lowest BCUT2D eigenvalue weighted by molar-refractivity contribution is 0.153. The normalized spacial score (nSPS) is 22.5. The highest BCUT2D eigenvalue weighted by Gasteiger charge is 2.22. The first kappa shape index (κ1) is 14.4. The van der Waals surface area contributed by atoms with Gasteiger partial charge in [-0.3, -0.25) is 0 Å². The summed E-state index contributed by atoms with van der Waals surface area (Å²) in [7, 11) is 1.77.